The van der Waals surface area contributed by atoms with Gasteiger partial charge in [-0.05, 0) is 36.1 Å². The average molecular weight is 263 g/mol. The fraction of sp³-hybridized carbons (Fsp3) is 0.500. The molecule has 0 fully saturated rings. The van der Waals surface area contributed by atoms with Crippen molar-refractivity contribution in [2.75, 3.05) is 5.73 Å². The van der Waals surface area contributed by atoms with Crippen LogP contribution in [0.3, 0.4) is 0 Å². The molecule has 92 valence electrons. The fourth-order valence-electron chi connectivity index (χ4n) is 2.15. The lowest BCUT2D eigenvalue weighted by atomic mass is 9.93. The lowest BCUT2D eigenvalue weighted by molar-refractivity contribution is 0.448. The number of fused-ring (bicyclic) bond motifs is 1. The van der Waals surface area contributed by atoms with Crippen LogP contribution in [0.1, 0.15) is 30.9 Å². The van der Waals surface area contributed by atoms with Crippen LogP contribution in [-0.2, 0) is 13.0 Å². The number of hydrogen-bond acceptors (Lipinski definition) is 2. The van der Waals surface area contributed by atoms with Crippen LogP contribution < -0.4 is 11.1 Å². The molecule has 0 radical (unpaired) electrons. The van der Waals surface area contributed by atoms with Gasteiger partial charge >= 0.3 is 0 Å². The predicted octanol–water partition coefficient (Wildman–Crippen LogP) is 2.93. The van der Waals surface area contributed by atoms with E-state index in [9.17, 15) is 0 Å². The summed E-state index contributed by atoms with van der Waals surface area (Å²) < 4.78 is 0. The van der Waals surface area contributed by atoms with Gasteiger partial charge in [0.15, 0.2) is 0 Å². The summed E-state index contributed by atoms with van der Waals surface area (Å²) in [6, 6.07) is 6.93. The van der Waals surface area contributed by atoms with Crippen LogP contribution in [0, 0.1) is 0 Å². The molecule has 0 saturated heterocycles. The molecular formula is C12H20Cl2N2. The first-order chi connectivity index (χ1) is 6.79. The van der Waals surface area contributed by atoms with Gasteiger partial charge < -0.3 is 11.1 Å². The largest absolute Gasteiger partial charge is 0.399 e. The van der Waals surface area contributed by atoms with E-state index < -0.39 is 0 Å². The smallest absolute Gasteiger partial charge is 0.0317 e. The number of nitrogens with one attached hydrogen (secondary N) is 1. The quantitative estimate of drug-likeness (QED) is 0.805. The van der Waals surface area contributed by atoms with E-state index >= 15 is 0 Å². The summed E-state index contributed by atoms with van der Waals surface area (Å²) in [5, 5.41) is 3.55. The second-order valence-electron chi connectivity index (χ2n) is 4.10. The molecule has 4 heteroatoms. The first kappa shape index (κ1) is 15.6. The lowest BCUT2D eigenvalue weighted by Crippen LogP contribution is -2.35. The Balaban J connectivity index is 0.00000112. The van der Waals surface area contributed by atoms with E-state index in [2.05, 4.69) is 24.4 Å². The van der Waals surface area contributed by atoms with Gasteiger partial charge in [-0.25, -0.2) is 0 Å². The lowest BCUT2D eigenvalue weighted by Gasteiger charge is -2.26. The zero-order valence-electron chi connectivity index (χ0n) is 9.53. The molecular weight excluding hydrogens is 243 g/mol. The minimum atomic E-state index is 0. The van der Waals surface area contributed by atoms with Crippen LogP contribution in [0.15, 0.2) is 18.2 Å². The second kappa shape index (κ2) is 7.00. The first-order valence-corrected chi connectivity index (χ1v) is 5.40. The molecule has 16 heavy (non-hydrogen) atoms. The zero-order chi connectivity index (χ0) is 9.97. The Morgan fingerprint density at radius 3 is 2.75 bits per heavy atom. The van der Waals surface area contributed by atoms with E-state index in [-0.39, 0.29) is 24.8 Å². The van der Waals surface area contributed by atoms with Crippen molar-refractivity contribution >= 4 is 30.5 Å². The Hall–Kier alpha value is -0.440. The van der Waals surface area contributed by atoms with Crippen molar-refractivity contribution < 1.29 is 0 Å². The first-order valence-electron chi connectivity index (χ1n) is 5.40. The normalized spacial score (nSPS) is 17.9. The van der Waals surface area contributed by atoms with Crippen LogP contribution in [0.4, 0.5) is 5.69 Å². The van der Waals surface area contributed by atoms with Crippen molar-refractivity contribution in [1.29, 1.82) is 0 Å². The minimum Gasteiger partial charge on any atom is -0.399 e. The monoisotopic (exact) mass is 262 g/mol. The summed E-state index contributed by atoms with van der Waals surface area (Å²) in [5.74, 6) is 0. The van der Waals surface area contributed by atoms with Crippen LogP contribution in [0.5, 0.6) is 0 Å². The Labute approximate surface area is 110 Å². The van der Waals surface area contributed by atoms with E-state index in [0.717, 1.165) is 18.7 Å². The highest BCUT2D eigenvalue weighted by Crippen LogP contribution is 2.20. The summed E-state index contributed by atoms with van der Waals surface area (Å²) in [4.78, 5) is 0. The molecule has 0 amide bonds. The highest BCUT2D eigenvalue weighted by atomic mass is 35.5. The average Bonchev–Trinajstić information content (AvgIpc) is 2.19. The van der Waals surface area contributed by atoms with Gasteiger partial charge in [-0.15, -0.1) is 24.8 Å². The van der Waals surface area contributed by atoms with Crippen molar-refractivity contribution in [3.63, 3.8) is 0 Å². The van der Waals surface area contributed by atoms with Gasteiger partial charge in [0.05, 0.1) is 0 Å². The fourth-order valence-corrected chi connectivity index (χ4v) is 2.15. The standard InChI is InChI=1S/C12H18N2.2ClH/c1-2-3-12-7-9-4-5-11(13)6-10(9)8-14-12;;/h4-6,12,14H,2-3,7-8,13H2,1H3;2*1H. The van der Waals surface area contributed by atoms with Crippen LogP contribution >= 0.6 is 24.8 Å². The van der Waals surface area contributed by atoms with E-state index in [1.807, 2.05) is 6.07 Å². The van der Waals surface area contributed by atoms with Crippen LogP contribution in [0.2, 0.25) is 0 Å². The number of nitrogen functional groups attached to an aromatic ring is 1. The number of halogens is 2. The maximum absolute atomic E-state index is 5.75. The number of benzene rings is 1. The van der Waals surface area contributed by atoms with Gasteiger partial charge in [0.1, 0.15) is 0 Å². The van der Waals surface area contributed by atoms with Gasteiger partial charge in [0, 0.05) is 18.3 Å². The molecule has 0 saturated carbocycles. The van der Waals surface area contributed by atoms with Crippen molar-refractivity contribution in [2.24, 2.45) is 0 Å². The Bertz CT molecular complexity index is 329. The molecule has 0 aromatic heterocycles. The maximum Gasteiger partial charge on any atom is 0.0317 e. The van der Waals surface area contributed by atoms with Gasteiger partial charge in [0.25, 0.3) is 0 Å². The van der Waals surface area contributed by atoms with Gasteiger partial charge in [-0.3, -0.25) is 0 Å². The minimum absolute atomic E-state index is 0. The summed E-state index contributed by atoms with van der Waals surface area (Å²) in [6.07, 6.45) is 3.68. The second-order valence-corrected chi connectivity index (χ2v) is 4.10. The van der Waals surface area contributed by atoms with E-state index in [1.54, 1.807) is 0 Å². The molecule has 3 N–H and O–H groups in total. The van der Waals surface area contributed by atoms with E-state index in [1.165, 1.54) is 24.0 Å². The molecule has 1 aromatic carbocycles. The molecule has 1 heterocycles. The number of nitrogens with two attached hydrogens (primary N) is 1. The highest BCUT2D eigenvalue weighted by molar-refractivity contribution is 5.85. The summed E-state index contributed by atoms with van der Waals surface area (Å²) in [5.41, 5.74) is 9.46. The number of anilines is 1. The van der Waals surface area contributed by atoms with Crippen molar-refractivity contribution in [3.05, 3.63) is 29.3 Å². The van der Waals surface area contributed by atoms with Gasteiger partial charge in [-0.1, -0.05) is 19.4 Å². The maximum atomic E-state index is 5.75. The number of hydrogen-bond donors (Lipinski definition) is 2. The molecule has 0 spiro atoms. The Morgan fingerprint density at radius 2 is 2.06 bits per heavy atom. The third-order valence-corrected chi connectivity index (χ3v) is 2.91. The third kappa shape index (κ3) is 3.55. The highest BCUT2D eigenvalue weighted by Gasteiger charge is 2.16. The van der Waals surface area contributed by atoms with Crippen LogP contribution in [0.25, 0.3) is 0 Å². The van der Waals surface area contributed by atoms with Crippen molar-refractivity contribution in [2.45, 2.75) is 38.8 Å². The molecule has 0 bridgehead atoms. The third-order valence-electron chi connectivity index (χ3n) is 2.91. The summed E-state index contributed by atoms with van der Waals surface area (Å²) in [7, 11) is 0. The molecule has 1 aromatic rings. The summed E-state index contributed by atoms with van der Waals surface area (Å²) in [6.45, 7) is 3.21. The number of rotatable bonds is 2. The molecule has 1 atom stereocenters. The summed E-state index contributed by atoms with van der Waals surface area (Å²) >= 11 is 0. The SMILES string of the molecule is CCCC1Cc2ccc(N)cc2CN1.Cl.Cl. The molecule has 0 aliphatic carbocycles. The van der Waals surface area contributed by atoms with E-state index in [0.29, 0.717) is 6.04 Å². The van der Waals surface area contributed by atoms with Gasteiger partial charge in [0.2, 0.25) is 0 Å². The molecule has 1 unspecified atom stereocenters. The molecule has 2 rings (SSSR count). The van der Waals surface area contributed by atoms with Gasteiger partial charge in [-0.2, -0.15) is 0 Å². The van der Waals surface area contributed by atoms with Crippen molar-refractivity contribution in [3.8, 4) is 0 Å². The topological polar surface area (TPSA) is 38.0 Å². The van der Waals surface area contributed by atoms with Crippen LogP contribution in [-0.4, -0.2) is 6.04 Å². The molecule has 1 aliphatic rings. The Morgan fingerprint density at radius 1 is 1.31 bits per heavy atom. The van der Waals surface area contributed by atoms with E-state index in [4.69, 9.17) is 5.73 Å². The predicted molar refractivity (Wildman–Crippen MR) is 74.6 cm³/mol. The molecule has 2 nitrogen and oxygen atoms in total. The molecule has 1 aliphatic heterocycles. The Kier molecular flexibility index (Phi) is 6.81. The van der Waals surface area contributed by atoms with Crippen molar-refractivity contribution in [1.82, 2.24) is 5.32 Å². The zero-order valence-corrected chi connectivity index (χ0v) is 11.2.